The van der Waals surface area contributed by atoms with Crippen molar-refractivity contribution in [3.63, 3.8) is 0 Å². The number of rotatable bonds is 5. The van der Waals surface area contributed by atoms with Crippen molar-refractivity contribution in [1.29, 1.82) is 0 Å². The molecule has 6 nitrogen and oxygen atoms in total. The third-order valence-corrected chi connectivity index (χ3v) is 3.76. The van der Waals surface area contributed by atoms with E-state index in [-0.39, 0.29) is 0 Å². The molecule has 0 radical (unpaired) electrons. The molecule has 0 aromatic rings. The zero-order chi connectivity index (χ0) is 11.3. The van der Waals surface area contributed by atoms with Crippen LogP contribution in [0.2, 0.25) is 0 Å². The maximum Gasteiger partial charge on any atom is 0.211 e. The van der Waals surface area contributed by atoms with Gasteiger partial charge in [0.25, 0.3) is 0 Å². The van der Waals surface area contributed by atoms with Crippen molar-refractivity contribution in [3.05, 3.63) is 0 Å². The fourth-order valence-electron chi connectivity index (χ4n) is 1.57. The van der Waals surface area contributed by atoms with Gasteiger partial charge in [-0.2, -0.15) is 4.31 Å². The number of amides is 1. The van der Waals surface area contributed by atoms with E-state index in [0.717, 1.165) is 19.6 Å². The van der Waals surface area contributed by atoms with Crippen LogP contribution in [0.5, 0.6) is 0 Å². The van der Waals surface area contributed by atoms with Gasteiger partial charge in [0.15, 0.2) is 0 Å². The van der Waals surface area contributed by atoms with Crippen molar-refractivity contribution < 1.29 is 13.2 Å². The molecule has 1 rings (SSSR count). The highest BCUT2D eigenvalue weighted by atomic mass is 32.2. The molecule has 7 heteroatoms. The van der Waals surface area contributed by atoms with E-state index in [0.29, 0.717) is 26.0 Å². The highest BCUT2D eigenvalue weighted by Crippen LogP contribution is 2.04. The minimum Gasteiger partial charge on any atom is -0.357 e. The van der Waals surface area contributed by atoms with Crippen molar-refractivity contribution in [2.45, 2.75) is 0 Å². The van der Waals surface area contributed by atoms with Crippen molar-refractivity contribution in [2.24, 2.45) is 0 Å². The molecule has 0 bridgehead atoms. The van der Waals surface area contributed by atoms with Gasteiger partial charge in [-0.25, -0.2) is 8.42 Å². The molecule has 0 atom stereocenters. The standard InChI is InChI=1S/C8H17N3O3S/c1-15(13,14)11-6-4-10(5-7-11)3-2-9-8-12/h8H,2-7H2,1H3,(H,9,12). The summed E-state index contributed by atoms with van der Waals surface area (Å²) in [7, 11) is -3.04. The molecular weight excluding hydrogens is 218 g/mol. The number of hydrogen-bond acceptors (Lipinski definition) is 4. The van der Waals surface area contributed by atoms with Crippen molar-refractivity contribution in [1.82, 2.24) is 14.5 Å². The van der Waals surface area contributed by atoms with Gasteiger partial charge in [0, 0.05) is 39.3 Å². The maximum absolute atomic E-state index is 11.2. The van der Waals surface area contributed by atoms with E-state index < -0.39 is 10.0 Å². The van der Waals surface area contributed by atoms with Gasteiger partial charge in [-0.1, -0.05) is 0 Å². The monoisotopic (exact) mass is 235 g/mol. The van der Waals surface area contributed by atoms with Crippen LogP contribution in [0.25, 0.3) is 0 Å². The lowest BCUT2D eigenvalue weighted by Gasteiger charge is -2.32. The molecule has 1 saturated heterocycles. The van der Waals surface area contributed by atoms with Gasteiger partial charge in [-0.3, -0.25) is 9.69 Å². The summed E-state index contributed by atoms with van der Waals surface area (Å²) in [6, 6.07) is 0. The number of carbonyl (C=O) groups excluding carboxylic acids is 1. The lowest BCUT2D eigenvalue weighted by molar-refractivity contribution is -0.109. The molecule has 0 spiro atoms. The van der Waals surface area contributed by atoms with Gasteiger partial charge in [0.05, 0.1) is 6.26 Å². The fraction of sp³-hybridized carbons (Fsp3) is 0.875. The van der Waals surface area contributed by atoms with E-state index in [1.807, 2.05) is 0 Å². The molecule has 1 N–H and O–H groups in total. The first-order valence-corrected chi connectivity index (χ1v) is 6.73. The number of nitrogens with one attached hydrogen (secondary N) is 1. The Morgan fingerprint density at radius 3 is 2.33 bits per heavy atom. The van der Waals surface area contributed by atoms with Gasteiger partial charge in [0.2, 0.25) is 16.4 Å². The Labute approximate surface area is 90.3 Å². The van der Waals surface area contributed by atoms with Crippen LogP contribution in [0.15, 0.2) is 0 Å². The third-order valence-electron chi connectivity index (χ3n) is 2.46. The second-order valence-electron chi connectivity index (χ2n) is 3.58. The smallest absolute Gasteiger partial charge is 0.211 e. The highest BCUT2D eigenvalue weighted by Gasteiger charge is 2.22. The summed E-state index contributed by atoms with van der Waals surface area (Å²) in [6.45, 7) is 3.93. The summed E-state index contributed by atoms with van der Waals surface area (Å²) >= 11 is 0. The van der Waals surface area contributed by atoms with Crippen molar-refractivity contribution >= 4 is 16.4 Å². The second-order valence-corrected chi connectivity index (χ2v) is 5.56. The van der Waals surface area contributed by atoms with Crippen LogP contribution in [0, 0.1) is 0 Å². The Morgan fingerprint density at radius 1 is 1.27 bits per heavy atom. The van der Waals surface area contributed by atoms with Gasteiger partial charge in [0.1, 0.15) is 0 Å². The van der Waals surface area contributed by atoms with Gasteiger partial charge in [-0.05, 0) is 0 Å². The zero-order valence-corrected chi connectivity index (χ0v) is 9.66. The van der Waals surface area contributed by atoms with E-state index in [9.17, 15) is 13.2 Å². The van der Waals surface area contributed by atoms with E-state index in [1.54, 1.807) is 0 Å². The number of piperazine rings is 1. The van der Waals surface area contributed by atoms with Gasteiger partial charge in [-0.15, -0.1) is 0 Å². The second kappa shape index (κ2) is 5.43. The summed E-state index contributed by atoms with van der Waals surface area (Å²) in [5, 5.41) is 2.58. The van der Waals surface area contributed by atoms with E-state index in [2.05, 4.69) is 10.2 Å². The van der Waals surface area contributed by atoms with Crippen molar-refractivity contribution in [3.8, 4) is 0 Å². The number of sulfonamides is 1. The largest absolute Gasteiger partial charge is 0.357 e. The maximum atomic E-state index is 11.2. The first-order chi connectivity index (χ1) is 7.04. The topological polar surface area (TPSA) is 69.7 Å². The molecule has 1 aliphatic rings. The van der Waals surface area contributed by atoms with Crippen LogP contribution >= 0.6 is 0 Å². The van der Waals surface area contributed by atoms with Crippen LogP contribution in [0.4, 0.5) is 0 Å². The van der Waals surface area contributed by atoms with Crippen LogP contribution < -0.4 is 5.32 Å². The molecule has 0 aromatic carbocycles. The predicted molar refractivity (Wildman–Crippen MR) is 56.9 cm³/mol. The average molecular weight is 235 g/mol. The number of hydrogen-bond donors (Lipinski definition) is 1. The van der Waals surface area contributed by atoms with Gasteiger partial charge < -0.3 is 5.32 Å². The Bertz CT molecular complexity index is 296. The minimum atomic E-state index is -3.04. The van der Waals surface area contributed by atoms with E-state index >= 15 is 0 Å². The lowest BCUT2D eigenvalue weighted by Crippen LogP contribution is -2.49. The summed E-state index contributed by atoms with van der Waals surface area (Å²) in [4.78, 5) is 12.1. The fourth-order valence-corrected chi connectivity index (χ4v) is 2.39. The molecule has 1 aliphatic heterocycles. The SMILES string of the molecule is CS(=O)(=O)N1CCN(CCNC=O)CC1. The summed E-state index contributed by atoms with van der Waals surface area (Å²) in [5.74, 6) is 0. The number of nitrogens with zero attached hydrogens (tertiary/aromatic N) is 2. The summed E-state index contributed by atoms with van der Waals surface area (Å²) in [6.07, 6.45) is 1.91. The molecule has 0 aromatic heterocycles. The average Bonchev–Trinajstić information content (AvgIpc) is 2.18. The third kappa shape index (κ3) is 4.15. The van der Waals surface area contributed by atoms with Crippen LogP contribution in [-0.4, -0.2) is 69.6 Å². The van der Waals surface area contributed by atoms with Crippen LogP contribution in [0.1, 0.15) is 0 Å². The Kier molecular flexibility index (Phi) is 4.49. The highest BCUT2D eigenvalue weighted by molar-refractivity contribution is 7.88. The number of carbonyl (C=O) groups is 1. The Balaban J connectivity index is 2.27. The molecule has 0 saturated carbocycles. The normalized spacial score (nSPS) is 20.1. The molecule has 0 unspecified atom stereocenters. The molecule has 1 heterocycles. The Morgan fingerprint density at radius 2 is 1.87 bits per heavy atom. The lowest BCUT2D eigenvalue weighted by atomic mass is 10.3. The molecule has 15 heavy (non-hydrogen) atoms. The molecule has 88 valence electrons. The van der Waals surface area contributed by atoms with Crippen LogP contribution in [-0.2, 0) is 14.8 Å². The molecular formula is C8H17N3O3S. The summed E-state index contributed by atoms with van der Waals surface area (Å²) < 4.78 is 23.9. The molecule has 0 aliphatic carbocycles. The zero-order valence-electron chi connectivity index (χ0n) is 8.85. The van der Waals surface area contributed by atoms with Crippen LogP contribution in [0.3, 0.4) is 0 Å². The first kappa shape index (κ1) is 12.4. The minimum absolute atomic E-state index is 0.542. The molecule has 1 fully saturated rings. The quantitative estimate of drug-likeness (QED) is 0.456. The van der Waals surface area contributed by atoms with E-state index in [4.69, 9.17) is 0 Å². The van der Waals surface area contributed by atoms with E-state index in [1.165, 1.54) is 10.6 Å². The summed E-state index contributed by atoms with van der Waals surface area (Å²) in [5.41, 5.74) is 0. The molecule has 1 amide bonds. The van der Waals surface area contributed by atoms with Crippen molar-refractivity contribution in [2.75, 3.05) is 45.5 Å². The predicted octanol–water partition coefficient (Wildman–Crippen LogP) is -1.69. The van der Waals surface area contributed by atoms with Gasteiger partial charge >= 0.3 is 0 Å². The Hall–Kier alpha value is -0.660. The first-order valence-electron chi connectivity index (χ1n) is 4.88.